The molecule has 0 spiro atoms. The molecule has 0 saturated heterocycles. The fourth-order valence-corrected chi connectivity index (χ4v) is 0. The van der Waals surface area contributed by atoms with Gasteiger partial charge in [-0.25, -0.2) is 0 Å². The molecule has 0 aromatic carbocycles. The molecule has 0 saturated carbocycles. The zero-order valence-electron chi connectivity index (χ0n) is 1.89. The van der Waals surface area contributed by atoms with Crippen molar-refractivity contribution in [2.45, 2.75) is 0 Å². The number of rotatable bonds is 0. The third-order valence-electron chi connectivity index (χ3n) is 0. The van der Waals surface area contributed by atoms with Crippen molar-refractivity contribution < 1.29 is 91.5 Å². The van der Waals surface area contributed by atoms with Gasteiger partial charge >= 0.3 is 0 Å². The Hall–Kier alpha value is 2.57. The maximum absolute atomic E-state index is 0. The molecule has 0 bridgehead atoms. The van der Waals surface area contributed by atoms with E-state index in [1.165, 1.54) is 0 Å². The van der Waals surface area contributed by atoms with Crippen molar-refractivity contribution in [2.24, 2.45) is 0 Å². The van der Waals surface area contributed by atoms with Crippen molar-refractivity contribution in [1.82, 2.24) is 0 Å². The van der Waals surface area contributed by atoms with E-state index in [1.54, 1.807) is 0 Å². The third kappa shape index (κ3) is 8.82. The molecule has 0 unspecified atom stereocenters. The van der Waals surface area contributed by atoms with Crippen LogP contribution in [0.5, 0.6) is 0 Å². The van der Waals surface area contributed by atoms with Gasteiger partial charge in [-0.1, -0.05) is 0 Å². The fraction of sp³-hybridized carbons (Fsp3) is 0. The van der Waals surface area contributed by atoms with Gasteiger partial charge in [0.05, 0.1) is 0 Å². The Labute approximate surface area is 89.3 Å². The number of hydrogen-bond acceptors (Lipinski definition) is 0. The monoisotopic (exact) mass is 323 g/mol. The van der Waals surface area contributed by atoms with Gasteiger partial charge in [0.1, 0.15) is 0 Å². The maximum atomic E-state index is 0. The number of hydrogen-bond donors (Lipinski definition) is 0. The summed E-state index contributed by atoms with van der Waals surface area (Å²) in [6.45, 7) is 0. The zero-order chi connectivity index (χ0) is 0. The molecule has 4 heavy (non-hydrogen) atoms. The molecule has 0 aromatic heterocycles. The summed E-state index contributed by atoms with van der Waals surface area (Å²) in [4.78, 5) is 0. The van der Waals surface area contributed by atoms with Crippen LogP contribution in [0.2, 0.25) is 0 Å². The molecule has 0 amide bonds. The second-order valence-electron chi connectivity index (χ2n) is 0. The van der Waals surface area contributed by atoms with E-state index in [-0.39, 0.29) is 91.5 Å². The summed E-state index contributed by atoms with van der Waals surface area (Å²) < 4.78 is 0. The van der Waals surface area contributed by atoms with E-state index in [1.807, 2.05) is 0 Å². The van der Waals surface area contributed by atoms with E-state index >= 15 is 0 Å². The van der Waals surface area contributed by atoms with Crippen LogP contribution in [0.1, 0.15) is 0 Å². The van der Waals surface area contributed by atoms with Crippen LogP contribution in [0.4, 0.5) is 9.41 Å². The largest absolute Gasteiger partial charge is 0.269 e. The van der Waals surface area contributed by atoms with Gasteiger partial charge in [-0.2, -0.15) is 0 Å². The van der Waals surface area contributed by atoms with E-state index < -0.39 is 0 Å². The Bertz CT molecular complexity index is 6.00. The van der Waals surface area contributed by atoms with E-state index in [9.17, 15) is 0 Å². The first-order chi connectivity index (χ1) is 0. The molecule has 0 aliphatic carbocycles. The molecule has 0 heterocycles. The first-order valence-corrected chi connectivity index (χ1v) is 0. The van der Waals surface area contributed by atoms with Gasteiger partial charge in [-0.3, -0.25) is 9.41 Å². The summed E-state index contributed by atoms with van der Waals surface area (Å²) in [7, 11) is 0. The predicted octanol–water partition coefficient (Wildman–Crippen LogP) is 0.305. The standard InChI is InChI=1S/2FH.Nd.Pr/h2*1H;;. The van der Waals surface area contributed by atoms with Gasteiger partial charge in [0, 0.05) is 82.1 Å². The molecule has 0 aliphatic heterocycles. The second-order valence-corrected chi connectivity index (χ2v) is 0. The molecular weight excluding hydrogens is 323 g/mol. The Morgan fingerprint density at radius 2 is 0.750 bits per heavy atom. The molecule has 0 N–H and O–H groups in total. The molecule has 0 atom stereocenters. The Balaban J connectivity index is 0. The van der Waals surface area contributed by atoms with Gasteiger partial charge in [0.2, 0.25) is 0 Å². The van der Waals surface area contributed by atoms with Crippen LogP contribution >= 0.6 is 0 Å². The van der Waals surface area contributed by atoms with E-state index in [2.05, 4.69) is 0 Å². The molecule has 0 aromatic rings. The summed E-state index contributed by atoms with van der Waals surface area (Å²) in [5.41, 5.74) is 0. The summed E-state index contributed by atoms with van der Waals surface area (Å²) in [5.74, 6) is 0. The van der Waals surface area contributed by atoms with Gasteiger partial charge in [-0.15, -0.1) is 0 Å². The molecule has 1 radical (unpaired) electrons. The van der Waals surface area contributed by atoms with Crippen LogP contribution in [0.25, 0.3) is 0 Å². The summed E-state index contributed by atoms with van der Waals surface area (Å²) >= 11 is 0. The molecule has 0 fully saturated rings. The minimum atomic E-state index is 0. The zero-order valence-corrected chi connectivity index (χ0v) is 8.81. The van der Waals surface area contributed by atoms with Crippen LogP contribution in [-0.2, 0) is 0 Å². The first kappa shape index (κ1) is 30.8. The molecule has 23 valence electrons. The summed E-state index contributed by atoms with van der Waals surface area (Å²) in [6, 6.07) is 0. The van der Waals surface area contributed by atoms with Crippen molar-refractivity contribution in [2.75, 3.05) is 0 Å². The van der Waals surface area contributed by atoms with Gasteiger partial charge in [0.15, 0.2) is 0 Å². The average Bonchev–Trinajstić information content (AvgIpc) is 0. The summed E-state index contributed by atoms with van der Waals surface area (Å²) in [6.07, 6.45) is 0. The second kappa shape index (κ2) is 17.6. The van der Waals surface area contributed by atoms with Gasteiger partial charge in [0.25, 0.3) is 0 Å². The molecule has 0 rings (SSSR count). The van der Waals surface area contributed by atoms with Gasteiger partial charge in [-0.05, 0) is 0 Å². The quantitative estimate of drug-likeness (QED) is 0.601. The van der Waals surface area contributed by atoms with Crippen LogP contribution in [0.3, 0.4) is 0 Å². The van der Waals surface area contributed by atoms with Crippen molar-refractivity contribution in [3.63, 3.8) is 0 Å². The molecule has 4 heteroatoms. The Morgan fingerprint density at radius 1 is 0.750 bits per heavy atom. The maximum Gasteiger partial charge on any atom is 0 e. The Morgan fingerprint density at radius 3 is 0.750 bits per heavy atom. The molecular formula is H2F2NdPr. The smallest absolute Gasteiger partial charge is 0 e. The van der Waals surface area contributed by atoms with Crippen molar-refractivity contribution in [1.29, 1.82) is 0 Å². The molecule has 0 aliphatic rings. The first-order valence-electron chi connectivity index (χ1n) is 0. The normalized spacial score (nSPS) is 0. The Kier molecular flexibility index (Phi) is 136. The van der Waals surface area contributed by atoms with Crippen molar-refractivity contribution in [3.8, 4) is 0 Å². The van der Waals surface area contributed by atoms with E-state index in [0.29, 0.717) is 0 Å². The van der Waals surface area contributed by atoms with Crippen LogP contribution in [0.15, 0.2) is 0 Å². The van der Waals surface area contributed by atoms with Crippen molar-refractivity contribution >= 4 is 0 Å². The van der Waals surface area contributed by atoms with Gasteiger partial charge < -0.3 is 0 Å². The minimum Gasteiger partial charge on any atom is -0.269 e. The van der Waals surface area contributed by atoms with Crippen LogP contribution < -0.4 is 0 Å². The van der Waals surface area contributed by atoms with E-state index in [0.717, 1.165) is 0 Å². The van der Waals surface area contributed by atoms with Crippen LogP contribution in [-0.4, -0.2) is 0 Å². The average molecular weight is 325 g/mol. The SMILES string of the molecule is F.F.[Nd].[Pr]. The predicted molar refractivity (Wildman–Crippen MR) is 5.01 cm³/mol. The molecule has 0 nitrogen and oxygen atoms in total. The topological polar surface area (TPSA) is 0 Å². The van der Waals surface area contributed by atoms with Crippen molar-refractivity contribution in [3.05, 3.63) is 0 Å². The summed E-state index contributed by atoms with van der Waals surface area (Å²) in [5, 5.41) is 0. The van der Waals surface area contributed by atoms with Crippen LogP contribution in [0, 0.1) is 82.1 Å². The van der Waals surface area contributed by atoms with E-state index in [4.69, 9.17) is 0 Å². The number of halogens is 2. The minimum absolute atomic E-state index is 0. The fourth-order valence-electron chi connectivity index (χ4n) is 0. The third-order valence-corrected chi connectivity index (χ3v) is 0.